The lowest BCUT2D eigenvalue weighted by atomic mass is 9.99. The van der Waals surface area contributed by atoms with Gasteiger partial charge in [0.1, 0.15) is 0 Å². The molecule has 0 aliphatic carbocycles. The molecule has 1 aliphatic rings. The molecule has 1 amide bonds. The SMILES string of the molecule is CC(O)CC1CCCN1C(=O)C(C)CCCc1ccccc1. The smallest absolute Gasteiger partial charge is 0.225 e. The molecular formula is C19H29NO2. The molecule has 3 heteroatoms. The van der Waals surface area contributed by atoms with Gasteiger partial charge >= 0.3 is 0 Å². The minimum Gasteiger partial charge on any atom is -0.393 e. The van der Waals surface area contributed by atoms with E-state index in [-0.39, 0.29) is 24.0 Å². The summed E-state index contributed by atoms with van der Waals surface area (Å²) in [5.41, 5.74) is 1.34. The number of benzene rings is 1. The molecule has 3 atom stereocenters. The van der Waals surface area contributed by atoms with Crippen molar-refractivity contribution in [3.63, 3.8) is 0 Å². The quantitative estimate of drug-likeness (QED) is 0.838. The van der Waals surface area contributed by atoms with E-state index < -0.39 is 0 Å². The molecule has 1 aromatic rings. The molecular weight excluding hydrogens is 274 g/mol. The van der Waals surface area contributed by atoms with E-state index in [1.54, 1.807) is 0 Å². The van der Waals surface area contributed by atoms with Crippen LogP contribution in [0.5, 0.6) is 0 Å². The molecule has 2 rings (SSSR count). The van der Waals surface area contributed by atoms with Gasteiger partial charge in [-0.1, -0.05) is 37.3 Å². The summed E-state index contributed by atoms with van der Waals surface area (Å²) in [5.74, 6) is 0.356. The molecule has 22 heavy (non-hydrogen) atoms. The van der Waals surface area contributed by atoms with Crippen molar-refractivity contribution in [1.29, 1.82) is 0 Å². The molecule has 3 nitrogen and oxygen atoms in total. The van der Waals surface area contributed by atoms with Gasteiger partial charge in [-0.2, -0.15) is 0 Å². The Morgan fingerprint density at radius 3 is 2.73 bits per heavy atom. The van der Waals surface area contributed by atoms with E-state index >= 15 is 0 Å². The highest BCUT2D eigenvalue weighted by atomic mass is 16.3. The number of aryl methyl sites for hydroxylation is 1. The van der Waals surface area contributed by atoms with Gasteiger partial charge in [0.05, 0.1) is 6.10 Å². The van der Waals surface area contributed by atoms with Crippen molar-refractivity contribution in [3.05, 3.63) is 35.9 Å². The zero-order valence-corrected chi connectivity index (χ0v) is 13.9. The molecule has 1 N–H and O–H groups in total. The third-order valence-corrected chi connectivity index (χ3v) is 4.64. The number of hydrogen-bond donors (Lipinski definition) is 1. The summed E-state index contributed by atoms with van der Waals surface area (Å²) in [6.07, 6.45) is 5.51. The predicted octanol–water partition coefficient (Wildman–Crippen LogP) is 3.41. The molecule has 122 valence electrons. The van der Waals surface area contributed by atoms with Crippen molar-refractivity contribution in [3.8, 4) is 0 Å². The zero-order chi connectivity index (χ0) is 15.9. The summed E-state index contributed by atoms with van der Waals surface area (Å²) in [5, 5.41) is 9.58. The predicted molar refractivity (Wildman–Crippen MR) is 89.6 cm³/mol. The maximum Gasteiger partial charge on any atom is 0.225 e. The second-order valence-corrected chi connectivity index (χ2v) is 6.69. The summed E-state index contributed by atoms with van der Waals surface area (Å²) in [6, 6.07) is 10.7. The third kappa shape index (κ3) is 4.84. The van der Waals surface area contributed by atoms with Gasteiger partial charge in [-0.05, 0) is 51.0 Å². The van der Waals surface area contributed by atoms with Gasteiger partial charge in [-0.3, -0.25) is 4.79 Å². The largest absolute Gasteiger partial charge is 0.393 e. The number of likely N-dealkylation sites (tertiary alicyclic amines) is 1. The van der Waals surface area contributed by atoms with Gasteiger partial charge < -0.3 is 10.0 Å². The highest BCUT2D eigenvalue weighted by Crippen LogP contribution is 2.25. The Bertz CT molecular complexity index is 458. The first-order chi connectivity index (χ1) is 10.6. The summed E-state index contributed by atoms with van der Waals surface area (Å²) >= 11 is 0. The van der Waals surface area contributed by atoms with E-state index in [1.807, 2.05) is 24.8 Å². The van der Waals surface area contributed by atoms with Crippen LogP contribution in [0.25, 0.3) is 0 Å². The third-order valence-electron chi connectivity index (χ3n) is 4.64. The Morgan fingerprint density at radius 2 is 2.05 bits per heavy atom. The molecule has 1 heterocycles. The minimum atomic E-state index is -0.327. The van der Waals surface area contributed by atoms with Gasteiger partial charge in [-0.15, -0.1) is 0 Å². The molecule has 0 bridgehead atoms. The van der Waals surface area contributed by atoms with Crippen LogP contribution in [-0.2, 0) is 11.2 Å². The van der Waals surface area contributed by atoms with Gasteiger partial charge in [0.2, 0.25) is 5.91 Å². The monoisotopic (exact) mass is 303 g/mol. The lowest BCUT2D eigenvalue weighted by Crippen LogP contribution is -2.40. The normalized spacial score (nSPS) is 20.9. The van der Waals surface area contributed by atoms with Gasteiger partial charge in [0.15, 0.2) is 0 Å². The van der Waals surface area contributed by atoms with E-state index in [0.29, 0.717) is 6.42 Å². The van der Waals surface area contributed by atoms with Crippen LogP contribution in [0.3, 0.4) is 0 Å². The van der Waals surface area contributed by atoms with Crippen molar-refractivity contribution >= 4 is 5.91 Å². The highest BCUT2D eigenvalue weighted by Gasteiger charge is 2.31. The van der Waals surface area contributed by atoms with Gasteiger partial charge in [0.25, 0.3) is 0 Å². The molecule has 3 unspecified atom stereocenters. The molecule has 1 fully saturated rings. The fourth-order valence-electron chi connectivity index (χ4n) is 3.43. The molecule has 0 aromatic heterocycles. The number of rotatable bonds is 7. The van der Waals surface area contributed by atoms with Crippen LogP contribution in [-0.4, -0.2) is 34.6 Å². The number of amides is 1. The summed E-state index contributed by atoms with van der Waals surface area (Å²) in [4.78, 5) is 14.6. The van der Waals surface area contributed by atoms with Crippen molar-refractivity contribution in [2.45, 2.75) is 64.5 Å². The molecule has 0 saturated carbocycles. The van der Waals surface area contributed by atoms with Crippen LogP contribution in [0.4, 0.5) is 0 Å². The minimum absolute atomic E-state index is 0.0818. The summed E-state index contributed by atoms with van der Waals surface area (Å²) in [6.45, 7) is 4.72. The topological polar surface area (TPSA) is 40.5 Å². The number of nitrogens with zero attached hydrogens (tertiary/aromatic N) is 1. The maximum absolute atomic E-state index is 12.6. The highest BCUT2D eigenvalue weighted by molar-refractivity contribution is 5.79. The number of carbonyl (C=O) groups is 1. The van der Waals surface area contributed by atoms with Crippen LogP contribution in [0, 0.1) is 5.92 Å². The summed E-state index contributed by atoms with van der Waals surface area (Å²) < 4.78 is 0. The molecule has 0 spiro atoms. The van der Waals surface area contributed by atoms with E-state index in [0.717, 1.165) is 38.6 Å². The second-order valence-electron chi connectivity index (χ2n) is 6.69. The first kappa shape index (κ1) is 17.0. The zero-order valence-electron chi connectivity index (χ0n) is 13.9. The van der Waals surface area contributed by atoms with Crippen molar-refractivity contribution in [2.75, 3.05) is 6.54 Å². The second kappa shape index (κ2) is 8.33. The van der Waals surface area contributed by atoms with E-state index in [2.05, 4.69) is 24.3 Å². The lowest BCUT2D eigenvalue weighted by Gasteiger charge is -2.28. The maximum atomic E-state index is 12.6. The molecule has 1 aromatic carbocycles. The number of carbonyl (C=O) groups excluding carboxylic acids is 1. The van der Waals surface area contributed by atoms with Gasteiger partial charge in [-0.25, -0.2) is 0 Å². The van der Waals surface area contributed by atoms with Crippen LogP contribution in [0.15, 0.2) is 30.3 Å². The Labute approximate surface area is 134 Å². The first-order valence-electron chi connectivity index (χ1n) is 8.60. The van der Waals surface area contributed by atoms with E-state index in [1.165, 1.54) is 5.56 Å². The van der Waals surface area contributed by atoms with E-state index in [9.17, 15) is 9.90 Å². The van der Waals surface area contributed by atoms with Crippen molar-refractivity contribution < 1.29 is 9.90 Å². The Balaban J connectivity index is 1.78. The van der Waals surface area contributed by atoms with Crippen molar-refractivity contribution in [2.24, 2.45) is 5.92 Å². The van der Waals surface area contributed by atoms with Crippen LogP contribution in [0.1, 0.15) is 51.5 Å². The summed E-state index contributed by atoms with van der Waals surface area (Å²) in [7, 11) is 0. The van der Waals surface area contributed by atoms with Crippen LogP contribution in [0.2, 0.25) is 0 Å². The van der Waals surface area contributed by atoms with Crippen molar-refractivity contribution in [1.82, 2.24) is 4.90 Å². The number of hydrogen-bond acceptors (Lipinski definition) is 2. The Morgan fingerprint density at radius 1 is 1.32 bits per heavy atom. The lowest BCUT2D eigenvalue weighted by molar-refractivity contribution is -0.136. The standard InChI is InChI=1S/C19H29NO2/c1-15(8-6-11-17-9-4-3-5-10-17)19(22)20-13-7-12-18(20)14-16(2)21/h3-5,9-10,15-16,18,21H,6-8,11-14H2,1-2H3. The fourth-order valence-corrected chi connectivity index (χ4v) is 3.43. The van der Waals surface area contributed by atoms with Crippen LogP contribution >= 0.6 is 0 Å². The van der Waals surface area contributed by atoms with Crippen LogP contribution < -0.4 is 0 Å². The average Bonchev–Trinajstić information content (AvgIpc) is 2.94. The first-order valence-corrected chi connectivity index (χ1v) is 8.60. The average molecular weight is 303 g/mol. The fraction of sp³-hybridized carbons (Fsp3) is 0.632. The molecule has 1 aliphatic heterocycles. The molecule has 1 saturated heterocycles. The van der Waals surface area contributed by atoms with E-state index in [4.69, 9.17) is 0 Å². The molecule has 0 radical (unpaired) electrons. The Hall–Kier alpha value is -1.35. The number of aliphatic hydroxyl groups excluding tert-OH is 1. The number of aliphatic hydroxyl groups is 1. The Kier molecular flexibility index (Phi) is 6.44. The van der Waals surface area contributed by atoms with Gasteiger partial charge in [0, 0.05) is 18.5 Å².